The molecular formula is C20H25N3O. The van der Waals surface area contributed by atoms with E-state index < -0.39 is 0 Å². The van der Waals surface area contributed by atoms with Crippen LogP contribution in [0.5, 0.6) is 0 Å². The molecule has 0 unspecified atom stereocenters. The van der Waals surface area contributed by atoms with Gasteiger partial charge in [0.05, 0.1) is 0 Å². The smallest absolute Gasteiger partial charge is 0.253 e. The van der Waals surface area contributed by atoms with Crippen LogP contribution in [0.3, 0.4) is 0 Å². The molecule has 1 aromatic heterocycles. The molecule has 0 N–H and O–H groups in total. The van der Waals surface area contributed by atoms with Gasteiger partial charge in [0, 0.05) is 44.5 Å². The number of carbonyl (C=O) groups excluding carboxylic acids is 1. The van der Waals surface area contributed by atoms with Gasteiger partial charge in [-0.05, 0) is 42.7 Å². The number of amides is 1. The lowest BCUT2D eigenvalue weighted by Crippen LogP contribution is -2.24. The summed E-state index contributed by atoms with van der Waals surface area (Å²) in [4.78, 5) is 20.8. The number of nitrogens with zero attached hydrogens (tertiary/aromatic N) is 3. The molecule has 2 aromatic rings. The van der Waals surface area contributed by atoms with Crippen LogP contribution in [0.15, 0.2) is 42.6 Å². The Bertz CT molecular complexity index is 686. The lowest BCUT2D eigenvalue weighted by atomic mass is 10.0. The van der Waals surface area contributed by atoms with Crippen LogP contribution >= 0.6 is 0 Å². The standard InChI is InChI=1S/C20H25N3O/c1-22(2)20(24)17-9-7-8-16(14-17)18-10-11-19(21-15-18)23-12-5-3-4-6-13-23/h7-11,14-15H,3-6,12-13H2,1-2H3. The van der Waals surface area contributed by atoms with E-state index in [0.29, 0.717) is 5.56 Å². The molecule has 1 aliphatic rings. The second-order valence-corrected chi connectivity index (χ2v) is 6.59. The summed E-state index contributed by atoms with van der Waals surface area (Å²) in [6, 6.07) is 11.9. The molecule has 0 aliphatic carbocycles. The van der Waals surface area contributed by atoms with Crippen molar-refractivity contribution in [3.63, 3.8) is 0 Å². The fourth-order valence-electron chi connectivity index (χ4n) is 3.13. The Morgan fingerprint density at radius 2 is 1.75 bits per heavy atom. The molecule has 1 amide bonds. The molecule has 0 spiro atoms. The molecule has 126 valence electrons. The number of hydrogen-bond acceptors (Lipinski definition) is 3. The van der Waals surface area contributed by atoms with Crippen LogP contribution in [-0.2, 0) is 0 Å². The summed E-state index contributed by atoms with van der Waals surface area (Å²) in [7, 11) is 3.54. The van der Waals surface area contributed by atoms with E-state index in [2.05, 4.69) is 22.0 Å². The molecule has 0 bridgehead atoms. The van der Waals surface area contributed by atoms with Gasteiger partial charge in [-0.2, -0.15) is 0 Å². The predicted molar refractivity (Wildman–Crippen MR) is 98.4 cm³/mol. The lowest BCUT2D eigenvalue weighted by Gasteiger charge is -2.21. The van der Waals surface area contributed by atoms with Gasteiger partial charge in [-0.1, -0.05) is 25.0 Å². The maximum absolute atomic E-state index is 12.1. The topological polar surface area (TPSA) is 36.4 Å². The number of aromatic nitrogens is 1. The first-order valence-corrected chi connectivity index (χ1v) is 8.68. The summed E-state index contributed by atoms with van der Waals surface area (Å²) in [5, 5.41) is 0. The van der Waals surface area contributed by atoms with Crippen molar-refractivity contribution >= 4 is 11.7 Å². The SMILES string of the molecule is CN(C)C(=O)c1cccc(-c2ccc(N3CCCCCC3)nc2)c1. The summed E-state index contributed by atoms with van der Waals surface area (Å²) in [5.41, 5.74) is 2.77. The van der Waals surface area contributed by atoms with Crippen LogP contribution in [0.4, 0.5) is 5.82 Å². The van der Waals surface area contributed by atoms with Crippen LogP contribution in [0, 0.1) is 0 Å². The number of carbonyl (C=O) groups is 1. The summed E-state index contributed by atoms with van der Waals surface area (Å²) < 4.78 is 0. The molecular weight excluding hydrogens is 298 g/mol. The molecule has 4 nitrogen and oxygen atoms in total. The van der Waals surface area contributed by atoms with Gasteiger partial charge in [0.25, 0.3) is 5.91 Å². The monoisotopic (exact) mass is 323 g/mol. The van der Waals surface area contributed by atoms with Gasteiger partial charge in [0.1, 0.15) is 5.82 Å². The molecule has 0 saturated carbocycles. The first-order valence-electron chi connectivity index (χ1n) is 8.68. The number of anilines is 1. The van der Waals surface area contributed by atoms with Crippen molar-refractivity contribution in [2.75, 3.05) is 32.1 Å². The van der Waals surface area contributed by atoms with Crippen LogP contribution in [0.2, 0.25) is 0 Å². The molecule has 2 heterocycles. The fraction of sp³-hybridized carbons (Fsp3) is 0.400. The minimum Gasteiger partial charge on any atom is -0.357 e. The highest BCUT2D eigenvalue weighted by Gasteiger charge is 2.12. The van der Waals surface area contributed by atoms with Crippen molar-refractivity contribution < 1.29 is 4.79 Å². The minimum absolute atomic E-state index is 0.0194. The minimum atomic E-state index is 0.0194. The second kappa shape index (κ2) is 7.47. The zero-order valence-electron chi connectivity index (χ0n) is 14.5. The van der Waals surface area contributed by atoms with Crippen molar-refractivity contribution in [3.05, 3.63) is 48.2 Å². The van der Waals surface area contributed by atoms with Crippen LogP contribution < -0.4 is 4.90 Å². The molecule has 0 radical (unpaired) electrons. The molecule has 1 saturated heterocycles. The molecule has 4 heteroatoms. The molecule has 3 rings (SSSR count). The van der Waals surface area contributed by atoms with E-state index in [-0.39, 0.29) is 5.91 Å². The summed E-state index contributed by atoms with van der Waals surface area (Å²) >= 11 is 0. The largest absolute Gasteiger partial charge is 0.357 e. The zero-order chi connectivity index (χ0) is 16.9. The van der Waals surface area contributed by atoms with E-state index in [1.165, 1.54) is 25.7 Å². The Labute approximate surface area is 144 Å². The van der Waals surface area contributed by atoms with Gasteiger partial charge in [0.2, 0.25) is 0 Å². The number of pyridine rings is 1. The highest BCUT2D eigenvalue weighted by Crippen LogP contribution is 2.23. The van der Waals surface area contributed by atoms with E-state index in [9.17, 15) is 4.79 Å². The van der Waals surface area contributed by atoms with Gasteiger partial charge in [-0.3, -0.25) is 4.79 Å². The summed E-state index contributed by atoms with van der Waals surface area (Å²) in [6.45, 7) is 2.19. The molecule has 1 fully saturated rings. The molecule has 24 heavy (non-hydrogen) atoms. The van der Waals surface area contributed by atoms with E-state index in [4.69, 9.17) is 0 Å². The van der Waals surface area contributed by atoms with Crippen molar-refractivity contribution in [1.29, 1.82) is 0 Å². The third-order valence-electron chi connectivity index (χ3n) is 4.53. The van der Waals surface area contributed by atoms with Crippen LogP contribution in [-0.4, -0.2) is 43.0 Å². The van der Waals surface area contributed by atoms with E-state index in [1.54, 1.807) is 19.0 Å². The van der Waals surface area contributed by atoms with E-state index in [1.807, 2.05) is 30.5 Å². The van der Waals surface area contributed by atoms with E-state index in [0.717, 1.165) is 30.0 Å². The number of hydrogen-bond donors (Lipinski definition) is 0. The molecule has 1 aromatic carbocycles. The number of rotatable bonds is 3. The van der Waals surface area contributed by atoms with Crippen molar-refractivity contribution in [2.24, 2.45) is 0 Å². The van der Waals surface area contributed by atoms with Crippen LogP contribution in [0.1, 0.15) is 36.0 Å². The Morgan fingerprint density at radius 3 is 2.38 bits per heavy atom. The lowest BCUT2D eigenvalue weighted by molar-refractivity contribution is 0.0827. The highest BCUT2D eigenvalue weighted by molar-refractivity contribution is 5.95. The second-order valence-electron chi connectivity index (χ2n) is 6.59. The zero-order valence-corrected chi connectivity index (χ0v) is 14.5. The van der Waals surface area contributed by atoms with Crippen molar-refractivity contribution in [2.45, 2.75) is 25.7 Å². The first-order chi connectivity index (χ1) is 11.6. The fourth-order valence-corrected chi connectivity index (χ4v) is 3.13. The van der Waals surface area contributed by atoms with Gasteiger partial charge < -0.3 is 9.80 Å². The third-order valence-corrected chi connectivity index (χ3v) is 4.53. The Balaban J connectivity index is 1.80. The normalized spacial score (nSPS) is 15.0. The third kappa shape index (κ3) is 3.75. The number of benzene rings is 1. The average molecular weight is 323 g/mol. The van der Waals surface area contributed by atoms with Gasteiger partial charge >= 0.3 is 0 Å². The highest BCUT2D eigenvalue weighted by atomic mass is 16.2. The van der Waals surface area contributed by atoms with Crippen LogP contribution in [0.25, 0.3) is 11.1 Å². The van der Waals surface area contributed by atoms with E-state index >= 15 is 0 Å². The Kier molecular flexibility index (Phi) is 5.14. The van der Waals surface area contributed by atoms with Crippen molar-refractivity contribution in [3.8, 4) is 11.1 Å². The molecule has 0 atom stereocenters. The quantitative estimate of drug-likeness (QED) is 0.861. The first kappa shape index (κ1) is 16.5. The Hall–Kier alpha value is -2.36. The van der Waals surface area contributed by atoms with Crippen molar-refractivity contribution in [1.82, 2.24) is 9.88 Å². The summed E-state index contributed by atoms with van der Waals surface area (Å²) in [6.07, 6.45) is 7.05. The van der Waals surface area contributed by atoms with Gasteiger partial charge in [-0.25, -0.2) is 4.98 Å². The summed E-state index contributed by atoms with van der Waals surface area (Å²) in [5.74, 6) is 1.08. The maximum atomic E-state index is 12.1. The molecule has 1 aliphatic heterocycles. The predicted octanol–water partition coefficient (Wildman–Crippen LogP) is 3.83. The van der Waals surface area contributed by atoms with Gasteiger partial charge in [-0.15, -0.1) is 0 Å². The maximum Gasteiger partial charge on any atom is 0.253 e. The Morgan fingerprint density at radius 1 is 1.00 bits per heavy atom. The van der Waals surface area contributed by atoms with Gasteiger partial charge in [0.15, 0.2) is 0 Å². The average Bonchev–Trinajstić information content (AvgIpc) is 2.90.